The number of rotatable bonds is 3. The van der Waals surface area contributed by atoms with Gasteiger partial charge in [0.2, 0.25) is 10.0 Å². The normalized spacial score (nSPS) is 25.6. The van der Waals surface area contributed by atoms with E-state index in [-0.39, 0.29) is 16.0 Å². The van der Waals surface area contributed by atoms with Crippen LogP contribution in [-0.2, 0) is 10.0 Å². The summed E-state index contributed by atoms with van der Waals surface area (Å²) >= 11 is 6.03. The molecule has 2 heterocycles. The smallest absolute Gasteiger partial charge is 0.244 e. The fraction of sp³-hybridized carbons (Fsp3) is 0.600. The first-order valence-corrected chi connectivity index (χ1v) is 9.47. The monoisotopic (exact) mass is 344 g/mol. The minimum absolute atomic E-state index is 0.187. The number of sulfonamides is 1. The highest BCUT2D eigenvalue weighted by atomic mass is 35.5. The Bertz CT molecular complexity index is 629. The summed E-state index contributed by atoms with van der Waals surface area (Å²) in [7, 11) is -3.52. The number of hydrogen-bond acceptors (Lipinski definition) is 4. The molecular weight excluding hydrogens is 324 g/mol. The molecule has 2 saturated heterocycles. The number of aliphatic hydroxyl groups excluding tert-OH is 1. The first-order chi connectivity index (χ1) is 10.5. The zero-order valence-corrected chi connectivity index (χ0v) is 13.9. The number of β-amino-alcohol motifs (C(OH)–C–C–N with tert-alkyl or cyclic N) is 1. The van der Waals surface area contributed by atoms with Crippen LogP contribution in [0.1, 0.15) is 19.3 Å². The molecule has 7 heteroatoms. The van der Waals surface area contributed by atoms with Crippen LogP contribution < -0.4 is 0 Å². The maximum atomic E-state index is 12.7. The number of benzene rings is 1. The Morgan fingerprint density at radius 3 is 2.36 bits per heavy atom. The minimum Gasteiger partial charge on any atom is -0.392 e. The molecule has 0 amide bonds. The zero-order valence-electron chi connectivity index (χ0n) is 12.4. The lowest BCUT2D eigenvalue weighted by Gasteiger charge is -2.36. The third-order valence-corrected chi connectivity index (χ3v) is 6.99. The molecule has 2 aliphatic rings. The summed E-state index contributed by atoms with van der Waals surface area (Å²) in [6.07, 6.45) is 2.19. The van der Waals surface area contributed by atoms with Gasteiger partial charge < -0.3 is 5.11 Å². The van der Waals surface area contributed by atoms with Crippen molar-refractivity contribution in [1.82, 2.24) is 9.21 Å². The summed E-state index contributed by atoms with van der Waals surface area (Å²) in [6.45, 7) is 2.63. The molecule has 122 valence electrons. The van der Waals surface area contributed by atoms with Crippen molar-refractivity contribution >= 4 is 21.6 Å². The SMILES string of the molecule is O=S(=O)(c1ccccc1Cl)N1CCC(N2CCC(O)C2)CC1. The van der Waals surface area contributed by atoms with Crippen LogP contribution in [0.4, 0.5) is 0 Å². The molecule has 1 aromatic carbocycles. The lowest BCUT2D eigenvalue weighted by atomic mass is 10.1. The van der Waals surface area contributed by atoms with Gasteiger partial charge in [-0.3, -0.25) is 4.90 Å². The summed E-state index contributed by atoms with van der Waals surface area (Å²) in [5, 5.41) is 9.90. The van der Waals surface area contributed by atoms with E-state index in [0.717, 1.165) is 25.8 Å². The molecule has 1 atom stereocenters. The van der Waals surface area contributed by atoms with Crippen molar-refractivity contribution < 1.29 is 13.5 Å². The molecule has 1 unspecified atom stereocenters. The van der Waals surface area contributed by atoms with Gasteiger partial charge in [0, 0.05) is 32.2 Å². The molecule has 3 rings (SSSR count). The van der Waals surface area contributed by atoms with Crippen LogP contribution in [0.25, 0.3) is 0 Å². The largest absolute Gasteiger partial charge is 0.392 e. The van der Waals surface area contributed by atoms with Gasteiger partial charge in [-0.1, -0.05) is 23.7 Å². The van der Waals surface area contributed by atoms with Gasteiger partial charge >= 0.3 is 0 Å². The van der Waals surface area contributed by atoms with Gasteiger partial charge in [-0.15, -0.1) is 0 Å². The molecule has 0 radical (unpaired) electrons. The van der Waals surface area contributed by atoms with E-state index >= 15 is 0 Å². The van der Waals surface area contributed by atoms with Crippen molar-refractivity contribution in [2.24, 2.45) is 0 Å². The molecule has 2 aliphatic heterocycles. The topological polar surface area (TPSA) is 60.9 Å². The second-order valence-electron chi connectivity index (χ2n) is 6.00. The number of halogens is 1. The quantitative estimate of drug-likeness (QED) is 0.904. The third-order valence-electron chi connectivity index (χ3n) is 4.59. The fourth-order valence-corrected chi connectivity index (χ4v) is 5.30. The molecule has 0 aliphatic carbocycles. The highest BCUT2D eigenvalue weighted by molar-refractivity contribution is 7.89. The van der Waals surface area contributed by atoms with E-state index in [1.54, 1.807) is 24.3 Å². The van der Waals surface area contributed by atoms with E-state index in [4.69, 9.17) is 11.6 Å². The Morgan fingerprint density at radius 2 is 1.77 bits per heavy atom. The van der Waals surface area contributed by atoms with Crippen LogP contribution in [0.3, 0.4) is 0 Å². The van der Waals surface area contributed by atoms with Gasteiger partial charge in [0.25, 0.3) is 0 Å². The van der Waals surface area contributed by atoms with E-state index in [1.165, 1.54) is 4.31 Å². The van der Waals surface area contributed by atoms with E-state index in [2.05, 4.69) is 4.90 Å². The van der Waals surface area contributed by atoms with Gasteiger partial charge in [0.05, 0.1) is 11.1 Å². The summed E-state index contributed by atoms with van der Waals surface area (Å²) in [5.74, 6) is 0. The third kappa shape index (κ3) is 3.16. The molecule has 0 bridgehead atoms. The predicted octanol–water partition coefficient (Wildman–Crippen LogP) is 1.56. The van der Waals surface area contributed by atoms with E-state index in [1.807, 2.05) is 0 Å². The fourth-order valence-electron chi connectivity index (χ4n) is 3.34. The maximum absolute atomic E-state index is 12.7. The van der Waals surface area contributed by atoms with Crippen LogP contribution in [0.5, 0.6) is 0 Å². The highest BCUT2D eigenvalue weighted by Crippen LogP contribution is 2.28. The molecule has 1 aromatic rings. The van der Waals surface area contributed by atoms with Crippen LogP contribution in [0.15, 0.2) is 29.2 Å². The van der Waals surface area contributed by atoms with Gasteiger partial charge in [0.1, 0.15) is 4.90 Å². The van der Waals surface area contributed by atoms with E-state index in [9.17, 15) is 13.5 Å². The Hall–Kier alpha value is -0.660. The van der Waals surface area contributed by atoms with Gasteiger partial charge in [-0.05, 0) is 31.4 Å². The van der Waals surface area contributed by atoms with Crippen molar-refractivity contribution in [1.29, 1.82) is 0 Å². The zero-order chi connectivity index (χ0) is 15.7. The first kappa shape index (κ1) is 16.2. The van der Waals surface area contributed by atoms with E-state index < -0.39 is 10.0 Å². The highest BCUT2D eigenvalue weighted by Gasteiger charge is 2.34. The van der Waals surface area contributed by atoms with Crippen LogP contribution in [-0.4, -0.2) is 61.1 Å². The molecule has 5 nitrogen and oxygen atoms in total. The molecule has 22 heavy (non-hydrogen) atoms. The second-order valence-corrected chi connectivity index (χ2v) is 8.32. The number of aliphatic hydroxyl groups is 1. The Balaban J connectivity index is 1.67. The van der Waals surface area contributed by atoms with Crippen molar-refractivity contribution in [3.8, 4) is 0 Å². The average molecular weight is 345 g/mol. The van der Waals surface area contributed by atoms with Crippen molar-refractivity contribution in [3.05, 3.63) is 29.3 Å². The molecule has 0 saturated carbocycles. The lowest BCUT2D eigenvalue weighted by Crippen LogP contribution is -2.46. The number of nitrogens with zero attached hydrogens (tertiary/aromatic N) is 2. The van der Waals surface area contributed by atoms with Crippen molar-refractivity contribution in [2.75, 3.05) is 26.2 Å². The Morgan fingerprint density at radius 1 is 1.09 bits per heavy atom. The van der Waals surface area contributed by atoms with Crippen LogP contribution in [0.2, 0.25) is 5.02 Å². The lowest BCUT2D eigenvalue weighted by molar-refractivity contribution is 0.132. The van der Waals surface area contributed by atoms with Gasteiger partial charge in [-0.2, -0.15) is 4.31 Å². The summed E-state index contributed by atoms with van der Waals surface area (Å²) in [6, 6.07) is 6.95. The second kappa shape index (κ2) is 6.45. The Kier molecular flexibility index (Phi) is 4.75. The first-order valence-electron chi connectivity index (χ1n) is 7.65. The molecular formula is C15H21ClN2O3S. The summed E-state index contributed by atoms with van der Waals surface area (Å²) in [5.41, 5.74) is 0. The predicted molar refractivity (Wildman–Crippen MR) is 85.4 cm³/mol. The maximum Gasteiger partial charge on any atom is 0.244 e. The molecule has 1 N–H and O–H groups in total. The minimum atomic E-state index is -3.52. The average Bonchev–Trinajstić information content (AvgIpc) is 2.94. The van der Waals surface area contributed by atoms with Crippen molar-refractivity contribution in [2.45, 2.75) is 36.3 Å². The molecule has 0 aromatic heterocycles. The standard InChI is InChI=1S/C15H21ClN2O3S/c16-14-3-1-2-4-15(14)22(20,21)18-9-5-12(6-10-18)17-8-7-13(19)11-17/h1-4,12-13,19H,5-11H2. The van der Waals surface area contributed by atoms with Gasteiger partial charge in [0.15, 0.2) is 0 Å². The Labute approximate surface area is 136 Å². The van der Waals surface area contributed by atoms with Crippen LogP contribution in [0, 0.1) is 0 Å². The number of likely N-dealkylation sites (tertiary alicyclic amines) is 1. The number of piperidine rings is 1. The summed E-state index contributed by atoms with van der Waals surface area (Å²) < 4.78 is 26.9. The number of hydrogen-bond donors (Lipinski definition) is 1. The molecule has 2 fully saturated rings. The summed E-state index contributed by atoms with van der Waals surface area (Å²) in [4.78, 5) is 2.47. The van der Waals surface area contributed by atoms with E-state index in [0.29, 0.717) is 25.7 Å². The van der Waals surface area contributed by atoms with Gasteiger partial charge in [-0.25, -0.2) is 8.42 Å². The van der Waals surface area contributed by atoms with Crippen LogP contribution >= 0.6 is 11.6 Å². The van der Waals surface area contributed by atoms with Crippen molar-refractivity contribution in [3.63, 3.8) is 0 Å². The molecule has 0 spiro atoms.